The zero-order valence-corrected chi connectivity index (χ0v) is 18.8. The van der Waals surface area contributed by atoms with E-state index >= 15 is 0 Å². The van der Waals surface area contributed by atoms with Crippen LogP contribution in [0, 0.1) is 17.6 Å². The molecular formula is C26H30F2N4O. The first-order valence-corrected chi connectivity index (χ1v) is 11.4. The number of ether oxygens (including phenoxy) is 1. The van der Waals surface area contributed by atoms with Gasteiger partial charge in [-0.15, -0.1) is 0 Å². The lowest BCUT2D eigenvalue weighted by Gasteiger charge is -2.32. The van der Waals surface area contributed by atoms with Gasteiger partial charge in [-0.3, -0.25) is 4.98 Å². The minimum absolute atomic E-state index is 0.0559. The maximum Gasteiger partial charge on any atom is 0.213 e. The van der Waals surface area contributed by atoms with Gasteiger partial charge >= 0.3 is 0 Å². The smallest absolute Gasteiger partial charge is 0.213 e. The molecule has 0 spiro atoms. The molecule has 0 amide bonds. The van der Waals surface area contributed by atoms with Crippen molar-refractivity contribution in [3.63, 3.8) is 0 Å². The number of hydrogen-bond donors (Lipinski definition) is 2. The molecule has 1 aliphatic carbocycles. The first kappa shape index (κ1) is 23.3. The van der Waals surface area contributed by atoms with Crippen molar-refractivity contribution in [3.8, 4) is 5.88 Å². The molecule has 3 aromatic rings. The second kappa shape index (κ2) is 10.8. The predicted molar refractivity (Wildman–Crippen MR) is 127 cm³/mol. The predicted octanol–water partition coefficient (Wildman–Crippen LogP) is 4.65. The molecule has 174 valence electrons. The van der Waals surface area contributed by atoms with Crippen molar-refractivity contribution in [2.45, 2.75) is 44.2 Å². The van der Waals surface area contributed by atoms with Crippen molar-refractivity contribution in [2.75, 3.05) is 13.7 Å². The van der Waals surface area contributed by atoms with Gasteiger partial charge in [0.2, 0.25) is 5.88 Å². The lowest BCUT2D eigenvalue weighted by atomic mass is 9.80. The van der Waals surface area contributed by atoms with Crippen LogP contribution >= 0.6 is 0 Å². The fourth-order valence-electron chi connectivity index (χ4n) is 4.57. The quantitative estimate of drug-likeness (QED) is 0.521. The average Bonchev–Trinajstić information content (AvgIpc) is 2.84. The van der Waals surface area contributed by atoms with Gasteiger partial charge in [-0.05, 0) is 73.9 Å². The molecule has 1 fully saturated rings. The van der Waals surface area contributed by atoms with Gasteiger partial charge in [-0.2, -0.15) is 0 Å². The van der Waals surface area contributed by atoms with Crippen LogP contribution in [0.15, 0.2) is 48.7 Å². The van der Waals surface area contributed by atoms with E-state index < -0.39 is 11.6 Å². The van der Waals surface area contributed by atoms with Gasteiger partial charge in [0, 0.05) is 36.5 Å². The Hall–Kier alpha value is -2.90. The van der Waals surface area contributed by atoms with Gasteiger partial charge in [-0.25, -0.2) is 13.8 Å². The molecule has 2 heterocycles. The standard InChI is InChI=1S/C26H30F2N4O/c1-33-25-11-10-24-26(32-25)19(12-14-31-24)16-23(29)17-4-7-21(8-5-17)30-13-2-3-18-15-20(27)6-9-22(18)28/h2-3,6,9-12,14-15,17,21,23,30H,4-5,7-8,13,16,29H2,1H3/t17?,21?,23-/m1/s1. The molecule has 0 bridgehead atoms. The third-order valence-corrected chi connectivity index (χ3v) is 6.46. The fraction of sp³-hybridized carbons (Fsp3) is 0.385. The number of benzene rings is 1. The van der Waals surface area contributed by atoms with E-state index in [1.165, 1.54) is 6.07 Å². The molecule has 1 saturated carbocycles. The topological polar surface area (TPSA) is 73.1 Å². The van der Waals surface area contributed by atoms with Gasteiger partial charge in [0.05, 0.1) is 18.1 Å². The molecule has 3 N–H and O–H groups in total. The summed E-state index contributed by atoms with van der Waals surface area (Å²) in [7, 11) is 1.61. The first-order valence-electron chi connectivity index (χ1n) is 11.4. The van der Waals surface area contributed by atoms with Crippen LogP contribution in [0.2, 0.25) is 0 Å². The third-order valence-electron chi connectivity index (χ3n) is 6.46. The second-order valence-corrected chi connectivity index (χ2v) is 8.65. The Kier molecular flexibility index (Phi) is 7.62. The first-order chi connectivity index (χ1) is 16.0. The van der Waals surface area contributed by atoms with Crippen LogP contribution in [-0.4, -0.2) is 35.7 Å². The van der Waals surface area contributed by atoms with E-state index in [9.17, 15) is 8.78 Å². The van der Waals surface area contributed by atoms with Gasteiger partial charge < -0.3 is 15.8 Å². The molecule has 1 aromatic carbocycles. The number of nitrogens with two attached hydrogens (primary N) is 1. The van der Waals surface area contributed by atoms with Crippen LogP contribution in [0.25, 0.3) is 17.1 Å². The number of rotatable bonds is 8. The van der Waals surface area contributed by atoms with Crippen LogP contribution in [0.4, 0.5) is 8.78 Å². The van der Waals surface area contributed by atoms with Crippen LogP contribution in [0.3, 0.4) is 0 Å². The van der Waals surface area contributed by atoms with Gasteiger partial charge in [0.15, 0.2) is 0 Å². The Morgan fingerprint density at radius 3 is 2.76 bits per heavy atom. The summed E-state index contributed by atoms with van der Waals surface area (Å²) < 4.78 is 32.2. The summed E-state index contributed by atoms with van der Waals surface area (Å²) in [6.07, 6.45) is 10.2. The molecule has 0 radical (unpaired) electrons. The zero-order valence-electron chi connectivity index (χ0n) is 18.8. The van der Waals surface area contributed by atoms with Crippen molar-refractivity contribution in [1.29, 1.82) is 0 Å². The average molecular weight is 453 g/mol. The van der Waals surface area contributed by atoms with Crippen molar-refractivity contribution in [2.24, 2.45) is 11.7 Å². The van der Waals surface area contributed by atoms with E-state index in [1.54, 1.807) is 13.2 Å². The van der Waals surface area contributed by atoms with E-state index in [-0.39, 0.29) is 11.6 Å². The maximum atomic E-state index is 13.7. The summed E-state index contributed by atoms with van der Waals surface area (Å²) in [6, 6.07) is 9.67. The number of halogens is 2. The van der Waals surface area contributed by atoms with Crippen LogP contribution in [0.1, 0.15) is 36.8 Å². The van der Waals surface area contributed by atoms with Gasteiger partial charge in [-0.1, -0.05) is 12.2 Å². The molecular weight excluding hydrogens is 422 g/mol. The Bertz CT molecular complexity index is 1110. The highest BCUT2D eigenvalue weighted by Crippen LogP contribution is 2.29. The Morgan fingerprint density at radius 1 is 1.15 bits per heavy atom. The van der Waals surface area contributed by atoms with Crippen molar-refractivity contribution < 1.29 is 13.5 Å². The number of fused-ring (bicyclic) bond motifs is 1. The largest absolute Gasteiger partial charge is 0.481 e. The Balaban J connectivity index is 1.27. The number of hydrogen-bond acceptors (Lipinski definition) is 5. The summed E-state index contributed by atoms with van der Waals surface area (Å²) in [6.45, 7) is 0.619. The summed E-state index contributed by atoms with van der Waals surface area (Å²) >= 11 is 0. The highest BCUT2D eigenvalue weighted by Gasteiger charge is 2.26. The maximum absolute atomic E-state index is 13.7. The van der Waals surface area contributed by atoms with E-state index in [0.29, 0.717) is 24.4 Å². The number of aromatic nitrogens is 2. The summed E-state index contributed by atoms with van der Waals surface area (Å²) in [5, 5.41) is 3.50. The molecule has 7 heteroatoms. The molecule has 1 atom stereocenters. The summed E-state index contributed by atoms with van der Waals surface area (Å²) in [5.74, 6) is 0.172. The van der Waals surface area contributed by atoms with Crippen molar-refractivity contribution in [3.05, 3.63) is 71.4 Å². The monoisotopic (exact) mass is 452 g/mol. The minimum Gasteiger partial charge on any atom is -0.481 e. The molecule has 0 unspecified atom stereocenters. The molecule has 5 nitrogen and oxygen atoms in total. The normalized spacial score (nSPS) is 19.8. The second-order valence-electron chi connectivity index (χ2n) is 8.65. The fourth-order valence-corrected chi connectivity index (χ4v) is 4.57. The van der Waals surface area contributed by atoms with E-state index in [2.05, 4.69) is 15.3 Å². The van der Waals surface area contributed by atoms with E-state index in [4.69, 9.17) is 10.5 Å². The molecule has 33 heavy (non-hydrogen) atoms. The third kappa shape index (κ3) is 5.92. The van der Waals surface area contributed by atoms with Crippen molar-refractivity contribution >= 4 is 17.1 Å². The minimum atomic E-state index is -0.437. The Labute approximate surface area is 193 Å². The molecule has 4 rings (SSSR count). The van der Waals surface area contributed by atoms with Crippen molar-refractivity contribution in [1.82, 2.24) is 15.3 Å². The number of pyridine rings is 2. The van der Waals surface area contributed by atoms with Crippen LogP contribution in [0.5, 0.6) is 5.88 Å². The van der Waals surface area contributed by atoms with E-state index in [1.807, 2.05) is 30.5 Å². The summed E-state index contributed by atoms with van der Waals surface area (Å²) in [4.78, 5) is 8.98. The Morgan fingerprint density at radius 2 is 1.97 bits per heavy atom. The summed E-state index contributed by atoms with van der Waals surface area (Å²) in [5.41, 5.74) is 9.69. The molecule has 1 aliphatic rings. The lowest BCUT2D eigenvalue weighted by molar-refractivity contribution is 0.261. The van der Waals surface area contributed by atoms with E-state index in [0.717, 1.165) is 60.8 Å². The number of methoxy groups -OCH3 is 1. The van der Waals surface area contributed by atoms with Crippen LogP contribution in [-0.2, 0) is 6.42 Å². The number of nitrogens with one attached hydrogen (secondary N) is 1. The van der Waals surface area contributed by atoms with Crippen LogP contribution < -0.4 is 15.8 Å². The highest BCUT2D eigenvalue weighted by atomic mass is 19.1. The van der Waals surface area contributed by atoms with Gasteiger partial charge in [0.25, 0.3) is 0 Å². The number of nitrogens with zero attached hydrogens (tertiary/aromatic N) is 2. The molecule has 0 saturated heterocycles. The highest BCUT2D eigenvalue weighted by molar-refractivity contribution is 5.78. The van der Waals surface area contributed by atoms with Gasteiger partial charge in [0.1, 0.15) is 11.6 Å². The molecule has 2 aromatic heterocycles. The SMILES string of the molecule is COc1ccc2nccc(C[C@@H](N)C3CCC(NCC=Cc4cc(F)ccc4F)CC3)c2n1. The zero-order chi connectivity index (χ0) is 23.2. The lowest BCUT2D eigenvalue weighted by Crippen LogP contribution is -2.39. The molecule has 0 aliphatic heterocycles.